The summed E-state index contributed by atoms with van der Waals surface area (Å²) < 4.78 is 0. The molecule has 0 bridgehead atoms. The molecule has 1 fully saturated rings. The third-order valence-corrected chi connectivity index (χ3v) is 3.89. The third kappa shape index (κ3) is 3.63. The first kappa shape index (κ1) is 14.7. The van der Waals surface area contributed by atoms with Gasteiger partial charge >= 0.3 is 0 Å². The SMILES string of the molecule is NC(=NO)C1CCCC1NC(=O)Cc1ccc(Cl)cc1. The number of halogens is 1. The molecule has 0 aliphatic heterocycles. The van der Waals surface area contributed by atoms with Crippen LogP contribution in [0.3, 0.4) is 0 Å². The van der Waals surface area contributed by atoms with Crippen molar-refractivity contribution in [3.63, 3.8) is 0 Å². The van der Waals surface area contributed by atoms with Crippen molar-refractivity contribution in [2.24, 2.45) is 16.8 Å². The van der Waals surface area contributed by atoms with E-state index in [-0.39, 0.29) is 23.7 Å². The number of amides is 1. The van der Waals surface area contributed by atoms with E-state index >= 15 is 0 Å². The predicted octanol–water partition coefficient (Wildman–Crippen LogP) is 1.91. The smallest absolute Gasteiger partial charge is 0.224 e. The zero-order valence-corrected chi connectivity index (χ0v) is 11.8. The van der Waals surface area contributed by atoms with E-state index in [0.717, 1.165) is 24.8 Å². The molecule has 6 heteroatoms. The Labute approximate surface area is 122 Å². The number of nitrogens with one attached hydrogen (secondary N) is 1. The Morgan fingerprint density at radius 1 is 1.40 bits per heavy atom. The minimum atomic E-state index is -0.0748. The van der Waals surface area contributed by atoms with Gasteiger partial charge in [0.1, 0.15) is 5.84 Å². The van der Waals surface area contributed by atoms with Gasteiger partial charge in [-0.15, -0.1) is 0 Å². The van der Waals surface area contributed by atoms with E-state index in [0.29, 0.717) is 11.4 Å². The van der Waals surface area contributed by atoms with Crippen molar-refractivity contribution in [2.75, 3.05) is 0 Å². The van der Waals surface area contributed by atoms with Gasteiger partial charge in [-0.1, -0.05) is 35.3 Å². The third-order valence-electron chi connectivity index (χ3n) is 3.64. The lowest BCUT2D eigenvalue weighted by Gasteiger charge is -2.19. The van der Waals surface area contributed by atoms with Gasteiger partial charge in [0, 0.05) is 17.0 Å². The first-order valence-corrected chi connectivity index (χ1v) is 6.99. The van der Waals surface area contributed by atoms with E-state index in [1.807, 2.05) is 12.1 Å². The molecule has 0 aromatic heterocycles. The van der Waals surface area contributed by atoms with Gasteiger partial charge in [-0.3, -0.25) is 4.79 Å². The Balaban J connectivity index is 1.92. The van der Waals surface area contributed by atoms with Crippen LogP contribution in [-0.4, -0.2) is 23.0 Å². The van der Waals surface area contributed by atoms with Crippen LogP contribution in [0.2, 0.25) is 5.02 Å². The number of rotatable bonds is 4. The largest absolute Gasteiger partial charge is 0.409 e. The summed E-state index contributed by atoms with van der Waals surface area (Å²) in [6.45, 7) is 0. The summed E-state index contributed by atoms with van der Waals surface area (Å²) in [6, 6.07) is 7.14. The van der Waals surface area contributed by atoms with Crippen LogP contribution in [0.15, 0.2) is 29.4 Å². The number of nitrogens with zero attached hydrogens (tertiary/aromatic N) is 1. The molecule has 1 saturated carbocycles. The molecule has 5 nitrogen and oxygen atoms in total. The van der Waals surface area contributed by atoms with Gasteiger partial charge in [0.15, 0.2) is 0 Å². The van der Waals surface area contributed by atoms with Gasteiger partial charge in [0.25, 0.3) is 0 Å². The van der Waals surface area contributed by atoms with Crippen LogP contribution in [0.25, 0.3) is 0 Å². The van der Waals surface area contributed by atoms with E-state index in [9.17, 15) is 4.79 Å². The average Bonchev–Trinajstić information content (AvgIpc) is 2.88. The lowest BCUT2D eigenvalue weighted by Crippen LogP contribution is -2.43. The van der Waals surface area contributed by atoms with Gasteiger partial charge in [-0.05, 0) is 30.5 Å². The summed E-state index contributed by atoms with van der Waals surface area (Å²) in [6.07, 6.45) is 2.96. The molecule has 108 valence electrons. The first-order valence-electron chi connectivity index (χ1n) is 6.61. The molecule has 0 spiro atoms. The quantitative estimate of drug-likeness (QED) is 0.343. The van der Waals surface area contributed by atoms with Crippen molar-refractivity contribution in [3.8, 4) is 0 Å². The second kappa shape index (κ2) is 6.61. The number of hydrogen-bond donors (Lipinski definition) is 3. The topological polar surface area (TPSA) is 87.7 Å². The number of benzene rings is 1. The van der Waals surface area contributed by atoms with Crippen molar-refractivity contribution in [2.45, 2.75) is 31.7 Å². The van der Waals surface area contributed by atoms with E-state index < -0.39 is 0 Å². The number of nitrogens with two attached hydrogens (primary N) is 1. The van der Waals surface area contributed by atoms with Crippen LogP contribution >= 0.6 is 11.6 Å². The normalized spacial score (nSPS) is 22.8. The van der Waals surface area contributed by atoms with Gasteiger partial charge in [0.05, 0.1) is 6.42 Å². The van der Waals surface area contributed by atoms with Crippen LogP contribution in [0.1, 0.15) is 24.8 Å². The number of amidine groups is 1. The Morgan fingerprint density at radius 3 is 2.75 bits per heavy atom. The van der Waals surface area contributed by atoms with Gasteiger partial charge in [0.2, 0.25) is 5.91 Å². The highest BCUT2D eigenvalue weighted by molar-refractivity contribution is 6.30. The van der Waals surface area contributed by atoms with Crippen molar-refractivity contribution in [3.05, 3.63) is 34.9 Å². The summed E-state index contributed by atoms with van der Waals surface area (Å²) in [5.74, 6) is 0.0587. The molecule has 1 aromatic rings. The molecular formula is C14H18ClN3O2. The Morgan fingerprint density at radius 2 is 2.10 bits per heavy atom. The molecular weight excluding hydrogens is 278 g/mol. The maximum absolute atomic E-state index is 12.0. The lowest BCUT2D eigenvalue weighted by molar-refractivity contribution is -0.121. The Bertz CT molecular complexity index is 502. The summed E-state index contributed by atoms with van der Waals surface area (Å²) in [5, 5.41) is 15.4. The molecule has 4 N–H and O–H groups in total. The zero-order chi connectivity index (χ0) is 14.5. The molecule has 0 radical (unpaired) electrons. The molecule has 1 amide bonds. The summed E-state index contributed by atoms with van der Waals surface area (Å²) >= 11 is 5.80. The number of oxime groups is 1. The lowest BCUT2D eigenvalue weighted by atomic mass is 10.0. The second-order valence-corrected chi connectivity index (χ2v) is 5.48. The fourth-order valence-corrected chi connectivity index (χ4v) is 2.73. The van der Waals surface area contributed by atoms with Crippen molar-refractivity contribution < 1.29 is 10.0 Å². The van der Waals surface area contributed by atoms with E-state index in [4.69, 9.17) is 22.5 Å². The number of hydrogen-bond acceptors (Lipinski definition) is 3. The maximum atomic E-state index is 12.0. The minimum Gasteiger partial charge on any atom is -0.409 e. The first-order chi connectivity index (χ1) is 9.60. The summed E-state index contributed by atoms with van der Waals surface area (Å²) in [5.41, 5.74) is 6.56. The molecule has 0 saturated heterocycles. The van der Waals surface area contributed by atoms with E-state index in [1.165, 1.54) is 0 Å². The highest BCUT2D eigenvalue weighted by Crippen LogP contribution is 2.25. The van der Waals surface area contributed by atoms with E-state index in [2.05, 4.69) is 10.5 Å². The molecule has 2 rings (SSSR count). The minimum absolute atomic E-state index is 0.0503. The fraction of sp³-hybridized carbons (Fsp3) is 0.429. The molecule has 1 aliphatic carbocycles. The Kier molecular flexibility index (Phi) is 4.84. The highest BCUT2D eigenvalue weighted by atomic mass is 35.5. The summed E-state index contributed by atoms with van der Waals surface area (Å²) in [4.78, 5) is 12.0. The molecule has 2 unspecified atom stereocenters. The average molecular weight is 296 g/mol. The van der Waals surface area contributed by atoms with Gasteiger partial charge < -0.3 is 16.3 Å². The Hall–Kier alpha value is -1.75. The number of carbonyl (C=O) groups is 1. The molecule has 1 aliphatic rings. The molecule has 2 atom stereocenters. The van der Waals surface area contributed by atoms with Crippen molar-refractivity contribution >= 4 is 23.3 Å². The molecule has 20 heavy (non-hydrogen) atoms. The van der Waals surface area contributed by atoms with Crippen LogP contribution < -0.4 is 11.1 Å². The number of carbonyl (C=O) groups excluding carboxylic acids is 1. The van der Waals surface area contributed by atoms with Crippen molar-refractivity contribution in [1.29, 1.82) is 0 Å². The highest BCUT2D eigenvalue weighted by Gasteiger charge is 2.31. The molecule has 1 aromatic carbocycles. The van der Waals surface area contributed by atoms with Crippen LogP contribution in [-0.2, 0) is 11.2 Å². The van der Waals surface area contributed by atoms with Crippen LogP contribution in [0.5, 0.6) is 0 Å². The summed E-state index contributed by atoms with van der Waals surface area (Å²) in [7, 11) is 0. The van der Waals surface area contributed by atoms with Crippen molar-refractivity contribution in [1.82, 2.24) is 5.32 Å². The zero-order valence-electron chi connectivity index (χ0n) is 11.1. The van der Waals surface area contributed by atoms with Crippen LogP contribution in [0, 0.1) is 5.92 Å². The van der Waals surface area contributed by atoms with Gasteiger partial charge in [-0.25, -0.2) is 0 Å². The van der Waals surface area contributed by atoms with Crippen LogP contribution in [0.4, 0.5) is 0 Å². The monoisotopic (exact) mass is 295 g/mol. The van der Waals surface area contributed by atoms with Gasteiger partial charge in [-0.2, -0.15) is 0 Å². The predicted molar refractivity (Wildman–Crippen MR) is 77.8 cm³/mol. The standard InChI is InChI=1S/C14H18ClN3O2/c15-10-6-4-9(5-7-10)8-13(19)17-12-3-1-2-11(12)14(16)18-20/h4-7,11-12,20H,1-3,8H2,(H2,16,18)(H,17,19). The maximum Gasteiger partial charge on any atom is 0.224 e. The second-order valence-electron chi connectivity index (χ2n) is 5.04. The van der Waals surface area contributed by atoms with E-state index in [1.54, 1.807) is 12.1 Å². The molecule has 0 heterocycles. The fourth-order valence-electron chi connectivity index (χ4n) is 2.61.